The predicted octanol–water partition coefficient (Wildman–Crippen LogP) is 1.64. The van der Waals surface area contributed by atoms with E-state index in [0.29, 0.717) is 0 Å². The van der Waals surface area contributed by atoms with E-state index < -0.39 is 22.8 Å². The zero-order valence-corrected chi connectivity index (χ0v) is 12.7. The third kappa shape index (κ3) is 4.30. The van der Waals surface area contributed by atoms with Gasteiger partial charge in [-0.05, 0) is 27.7 Å². The summed E-state index contributed by atoms with van der Waals surface area (Å²) in [6.07, 6.45) is 4.61. The molecule has 6 nitrogen and oxygen atoms in total. The quantitative estimate of drug-likeness (QED) is 0.836. The Bertz CT molecular complexity index is 712. The first kappa shape index (κ1) is 16.7. The van der Waals surface area contributed by atoms with Crippen LogP contribution in [0.25, 0.3) is 0 Å². The van der Waals surface area contributed by atoms with Crippen LogP contribution in [0.2, 0.25) is 0 Å². The van der Waals surface area contributed by atoms with Crippen molar-refractivity contribution in [3.63, 3.8) is 0 Å². The molecule has 0 bridgehead atoms. The maximum absolute atomic E-state index is 12.3. The minimum Gasteiger partial charge on any atom is -0.477 e. The van der Waals surface area contributed by atoms with Gasteiger partial charge in [0, 0.05) is 19.3 Å². The predicted molar refractivity (Wildman–Crippen MR) is 80.8 cm³/mol. The number of carboxylic acids is 1. The Balaban J connectivity index is 3.50. The highest BCUT2D eigenvalue weighted by atomic mass is 16.4. The van der Waals surface area contributed by atoms with Crippen molar-refractivity contribution in [2.45, 2.75) is 40.8 Å². The van der Waals surface area contributed by atoms with Gasteiger partial charge in [-0.1, -0.05) is 23.3 Å². The Morgan fingerprint density at radius 2 is 1.62 bits per heavy atom. The molecule has 1 N–H and O–H groups in total. The van der Waals surface area contributed by atoms with E-state index in [2.05, 4.69) is 0 Å². The van der Waals surface area contributed by atoms with Crippen LogP contribution in [-0.2, 0) is 13.1 Å². The van der Waals surface area contributed by atoms with Crippen LogP contribution in [0.3, 0.4) is 0 Å². The molecule has 1 aromatic heterocycles. The Kier molecular flexibility index (Phi) is 5.46. The third-order valence-corrected chi connectivity index (χ3v) is 2.85. The van der Waals surface area contributed by atoms with Crippen molar-refractivity contribution in [2.75, 3.05) is 0 Å². The number of aromatic nitrogens is 2. The van der Waals surface area contributed by atoms with Crippen LogP contribution in [0, 0.1) is 0 Å². The summed E-state index contributed by atoms with van der Waals surface area (Å²) in [5, 5.41) is 9.10. The number of aromatic carboxylic acids is 1. The molecule has 0 amide bonds. The lowest BCUT2D eigenvalue weighted by atomic mass is 10.3. The third-order valence-electron chi connectivity index (χ3n) is 2.85. The normalized spacial score (nSPS) is 10.1. The lowest BCUT2D eigenvalue weighted by Gasteiger charge is -2.09. The minimum atomic E-state index is -1.34. The first-order chi connectivity index (χ1) is 9.73. The second-order valence-electron chi connectivity index (χ2n) is 5.26. The van der Waals surface area contributed by atoms with Crippen LogP contribution in [0.5, 0.6) is 0 Å². The number of allylic oxidation sites excluding steroid dienone is 4. The molecule has 114 valence electrons. The van der Waals surface area contributed by atoms with Gasteiger partial charge < -0.3 is 5.11 Å². The van der Waals surface area contributed by atoms with Crippen molar-refractivity contribution in [1.29, 1.82) is 0 Å². The van der Waals surface area contributed by atoms with Gasteiger partial charge in [-0.15, -0.1) is 0 Å². The van der Waals surface area contributed by atoms with Crippen molar-refractivity contribution >= 4 is 5.97 Å². The first-order valence-corrected chi connectivity index (χ1v) is 6.58. The van der Waals surface area contributed by atoms with E-state index in [0.717, 1.165) is 21.9 Å². The summed E-state index contributed by atoms with van der Waals surface area (Å²) in [7, 11) is 0. The highest BCUT2D eigenvalue weighted by Crippen LogP contribution is 1.96. The Morgan fingerprint density at radius 1 is 1.10 bits per heavy atom. The maximum Gasteiger partial charge on any atom is 0.342 e. The Labute approximate surface area is 122 Å². The molecule has 0 aromatic carbocycles. The van der Waals surface area contributed by atoms with Crippen LogP contribution >= 0.6 is 0 Å². The van der Waals surface area contributed by atoms with Crippen molar-refractivity contribution in [3.05, 3.63) is 55.9 Å². The Hall–Kier alpha value is -2.37. The Morgan fingerprint density at radius 3 is 2.10 bits per heavy atom. The van der Waals surface area contributed by atoms with Gasteiger partial charge in [-0.25, -0.2) is 9.59 Å². The zero-order chi connectivity index (χ0) is 16.2. The van der Waals surface area contributed by atoms with E-state index in [4.69, 9.17) is 5.11 Å². The standard InChI is InChI=1S/C15H20N2O4/c1-10(2)5-7-16-9-12(14(19)20)13(18)17(15(16)21)8-6-11(3)4/h5-6,9H,7-8H2,1-4H3,(H,19,20). The molecular weight excluding hydrogens is 272 g/mol. The fraction of sp³-hybridized carbons (Fsp3) is 0.400. The summed E-state index contributed by atoms with van der Waals surface area (Å²) in [5.41, 5.74) is 0.246. The second-order valence-corrected chi connectivity index (χ2v) is 5.26. The zero-order valence-electron chi connectivity index (χ0n) is 12.7. The minimum absolute atomic E-state index is 0.0654. The van der Waals surface area contributed by atoms with Gasteiger partial charge in [-0.3, -0.25) is 13.9 Å². The summed E-state index contributed by atoms with van der Waals surface area (Å²) in [4.78, 5) is 35.5. The van der Waals surface area contributed by atoms with Gasteiger partial charge >= 0.3 is 11.7 Å². The van der Waals surface area contributed by atoms with E-state index in [1.54, 1.807) is 12.2 Å². The topological polar surface area (TPSA) is 81.3 Å². The summed E-state index contributed by atoms with van der Waals surface area (Å²) < 4.78 is 2.17. The molecule has 0 saturated carbocycles. The molecule has 0 aliphatic carbocycles. The molecule has 1 rings (SSSR count). The fourth-order valence-electron chi connectivity index (χ4n) is 1.65. The number of hydrogen-bond acceptors (Lipinski definition) is 3. The molecule has 6 heteroatoms. The molecule has 0 fully saturated rings. The van der Waals surface area contributed by atoms with E-state index in [9.17, 15) is 14.4 Å². The number of rotatable bonds is 5. The highest BCUT2D eigenvalue weighted by molar-refractivity contribution is 5.86. The van der Waals surface area contributed by atoms with Crippen molar-refractivity contribution in [2.24, 2.45) is 0 Å². The van der Waals surface area contributed by atoms with Gasteiger partial charge in [0.15, 0.2) is 0 Å². The van der Waals surface area contributed by atoms with E-state index in [-0.39, 0.29) is 13.1 Å². The average Bonchev–Trinajstić information content (AvgIpc) is 2.36. The smallest absolute Gasteiger partial charge is 0.342 e. The largest absolute Gasteiger partial charge is 0.477 e. The number of hydrogen-bond donors (Lipinski definition) is 1. The van der Waals surface area contributed by atoms with Gasteiger partial charge in [0.25, 0.3) is 5.56 Å². The monoisotopic (exact) mass is 292 g/mol. The molecule has 0 atom stereocenters. The highest BCUT2D eigenvalue weighted by Gasteiger charge is 2.15. The summed E-state index contributed by atoms with van der Waals surface area (Å²) in [6, 6.07) is 0. The molecule has 21 heavy (non-hydrogen) atoms. The molecule has 0 aliphatic heterocycles. The molecule has 0 spiro atoms. The molecule has 0 unspecified atom stereocenters. The van der Waals surface area contributed by atoms with Gasteiger partial charge in [0.05, 0.1) is 0 Å². The molecule has 1 aromatic rings. The van der Waals surface area contributed by atoms with Crippen LogP contribution in [0.1, 0.15) is 38.1 Å². The first-order valence-electron chi connectivity index (χ1n) is 6.58. The summed E-state index contributed by atoms with van der Waals surface area (Å²) in [5.74, 6) is -1.34. The summed E-state index contributed by atoms with van der Waals surface area (Å²) in [6.45, 7) is 7.73. The number of carbonyl (C=O) groups is 1. The van der Waals surface area contributed by atoms with Crippen molar-refractivity contribution in [3.8, 4) is 0 Å². The van der Waals surface area contributed by atoms with Crippen molar-refractivity contribution in [1.82, 2.24) is 9.13 Å². The molecule has 1 heterocycles. The number of carboxylic acid groups (broad SMARTS) is 1. The van der Waals surface area contributed by atoms with E-state index in [1.807, 2.05) is 27.7 Å². The van der Waals surface area contributed by atoms with Crippen LogP contribution in [0.15, 0.2) is 39.1 Å². The van der Waals surface area contributed by atoms with Gasteiger partial charge in [0.2, 0.25) is 0 Å². The SMILES string of the molecule is CC(C)=CCn1cc(C(=O)O)c(=O)n(CC=C(C)C)c1=O. The van der Waals surface area contributed by atoms with Crippen LogP contribution < -0.4 is 11.2 Å². The molecular formula is C15H20N2O4. The van der Waals surface area contributed by atoms with E-state index in [1.165, 1.54) is 4.57 Å². The van der Waals surface area contributed by atoms with Gasteiger partial charge in [-0.2, -0.15) is 0 Å². The number of nitrogens with zero attached hydrogens (tertiary/aromatic N) is 2. The lowest BCUT2D eigenvalue weighted by Crippen LogP contribution is -2.42. The maximum atomic E-state index is 12.3. The van der Waals surface area contributed by atoms with Crippen molar-refractivity contribution < 1.29 is 9.90 Å². The second kappa shape index (κ2) is 6.88. The fourth-order valence-corrected chi connectivity index (χ4v) is 1.65. The van der Waals surface area contributed by atoms with E-state index >= 15 is 0 Å². The van der Waals surface area contributed by atoms with Crippen LogP contribution in [0.4, 0.5) is 0 Å². The average molecular weight is 292 g/mol. The lowest BCUT2D eigenvalue weighted by molar-refractivity contribution is 0.0692. The molecule has 0 saturated heterocycles. The molecule has 0 aliphatic rings. The summed E-state index contributed by atoms with van der Waals surface area (Å²) >= 11 is 0. The van der Waals surface area contributed by atoms with Gasteiger partial charge in [0.1, 0.15) is 5.56 Å². The molecule has 0 radical (unpaired) electrons. The van der Waals surface area contributed by atoms with Crippen LogP contribution in [-0.4, -0.2) is 20.2 Å².